The third-order valence-electron chi connectivity index (χ3n) is 5.00. The summed E-state index contributed by atoms with van der Waals surface area (Å²) in [5.74, 6) is -0.0716. The first-order chi connectivity index (χ1) is 11.1. The van der Waals surface area contributed by atoms with Gasteiger partial charge in [-0.3, -0.25) is 4.79 Å². The lowest BCUT2D eigenvalue weighted by atomic mass is 9.92. The van der Waals surface area contributed by atoms with E-state index in [1.54, 1.807) is 0 Å². The summed E-state index contributed by atoms with van der Waals surface area (Å²) in [5.41, 5.74) is 2.68. The van der Waals surface area contributed by atoms with Gasteiger partial charge in [0.15, 0.2) is 0 Å². The second-order valence-electron chi connectivity index (χ2n) is 6.76. The van der Waals surface area contributed by atoms with Crippen molar-refractivity contribution in [3.05, 3.63) is 35.4 Å². The van der Waals surface area contributed by atoms with Gasteiger partial charge in [-0.2, -0.15) is 0 Å². The number of rotatable bonds is 4. The predicted molar refractivity (Wildman–Crippen MR) is 89.3 cm³/mol. The fourth-order valence-electron chi connectivity index (χ4n) is 3.40. The summed E-state index contributed by atoms with van der Waals surface area (Å²) < 4.78 is 0. The maximum atomic E-state index is 12.2. The molecule has 23 heavy (non-hydrogen) atoms. The van der Waals surface area contributed by atoms with Crippen LogP contribution in [0.1, 0.15) is 43.2 Å². The number of amides is 3. The van der Waals surface area contributed by atoms with Crippen molar-refractivity contribution >= 4 is 11.9 Å². The number of carbonyl (C=O) groups is 2. The maximum Gasteiger partial charge on any atom is 0.315 e. The van der Waals surface area contributed by atoms with Crippen LogP contribution in [-0.4, -0.2) is 31.1 Å². The second-order valence-corrected chi connectivity index (χ2v) is 6.76. The smallest absolute Gasteiger partial charge is 0.315 e. The van der Waals surface area contributed by atoms with Crippen LogP contribution in [0.4, 0.5) is 4.79 Å². The summed E-state index contributed by atoms with van der Waals surface area (Å²) in [4.78, 5) is 24.0. The van der Waals surface area contributed by atoms with Crippen molar-refractivity contribution in [2.45, 2.75) is 50.5 Å². The monoisotopic (exact) mass is 315 g/mol. The van der Waals surface area contributed by atoms with Gasteiger partial charge in [0, 0.05) is 18.5 Å². The van der Waals surface area contributed by atoms with Crippen molar-refractivity contribution in [3.8, 4) is 0 Å². The Hall–Kier alpha value is -2.04. The molecule has 1 saturated heterocycles. The van der Waals surface area contributed by atoms with E-state index >= 15 is 0 Å². The molecule has 1 heterocycles. The van der Waals surface area contributed by atoms with Crippen LogP contribution in [0.3, 0.4) is 0 Å². The van der Waals surface area contributed by atoms with Crippen LogP contribution in [0, 0.1) is 6.92 Å². The van der Waals surface area contributed by atoms with Crippen molar-refractivity contribution < 1.29 is 9.59 Å². The van der Waals surface area contributed by atoms with E-state index in [4.69, 9.17) is 0 Å². The number of hydrogen-bond donors (Lipinski definition) is 3. The zero-order chi connectivity index (χ0) is 16.3. The van der Waals surface area contributed by atoms with Crippen molar-refractivity contribution in [3.63, 3.8) is 0 Å². The summed E-state index contributed by atoms with van der Waals surface area (Å²) in [7, 11) is 0. The van der Waals surface area contributed by atoms with Crippen LogP contribution in [0.15, 0.2) is 24.3 Å². The highest BCUT2D eigenvalue weighted by Gasteiger charge is 2.45. The highest BCUT2D eigenvalue weighted by Crippen LogP contribution is 2.48. The second kappa shape index (κ2) is 6.60. The zero-order valence-electron chi connectivity index (χ0n) is 13.7. The molecule has 3 N–H and O–H groups in total. The number of nitrogens with one attached hydrogen (secondary N) is 3. The lowest BCUT2D eigenvalue weighted by Gasteiger charge is -2.21. The molecule has 1 aromatic rings. The summed E-state index contributed by atoms with van der Waals surface area (Å²) >= 11 is 0. The molecule has 3 rings (SSSR count). The lowest BCUT2D eigenvalue weighted by Crippen LogP contribution is -2.50. The van der Waals surface area contributed by atoms with Gasteiger partial charge in [-0.15, -0.1) is 0 Å². The van der Waals surface area contributed by atoms with Crippen LogP contribution in [-0.2, 0) is 10.2 Å². The van der Waals surface area contributed by atoms with Crippen LogP contribution in [0.25, 0.3) is 0 Å². The molecule has 3 amide bonds. The van der Waals surface area contributed by atoms with Gasteiger partial charge in [-0.25, -0.2) is 4.79 Å². The van der Waals surface area contributed by atoms with Crippen LogP contribution >= 0.6 is 0 Å². The third-order valence-corrected chi connectivity index (χ3v) is 5.00. The molecule has 1 saturated carbocycles. The van der Waals surface area contributed by atoms with Gasteiger partial charge in [-0.05, 0) is 50.2 Å². The van der Waals surface area contributed by atoms with Gasteiger partial charge in [0.25, 0.3) is 0 Å². The van der Waals surface area contributed by atoms with E-state index in [0.29, 0.717) is 19.5 Å². The summed E-state index contributed by atoms with van der Waals surface area (Å²) in [6, 6.07) is 7.71. The van der Waals surface area contributed by atoms with Crippen molar-refractivity contribution in [1.29, 1.82) is 0 Å². The van der Waals surface area contributed by atoms with Gasteiger partial charge in [-0.1, -0.05) is 24.3 Å². The third kappa shape index (κ3) is 3.66. The number of benzene rings is 1. The Kier molecular flexibility index (Phi) is 4.55. The molecular weight excluding hydrogens is 290 g/mol. The summed E-state index contributed by atoms with van der Waals surface area (Å²) in [6.45, 7) is 3.44. The number of aryl methyl sites for hydroxylation is 1. The molecular formula is C18H25N3O2. The van der Waals surface area contributed by atoms with Crippen LogP contribution < -0.4 is 16.0 Å². The molecule has 0 bridgehead atoms. The highest BCUT2D eigenvalue weighted by atomic mass is 16.2. The molecule has 1 unspecified atom stereocenters. The zero-order valence-corrected chi connectivity index (χ0v) is 13.7. The molecule has 0 spiro atoms. The highest BCUT2D eigenvalue weighted by molar-refractivity contribution is 5.87. The standard InChI is InChI=1S/C18H25N3O2/c1-13-6-2-3-7-14(13)18(9-10-18)12-20-17(23)21-15-8-4-5-11-19-16(15)22/h2-3,6-7,15H,4-5,8-12H2,1H3,(H,19,22)(H2,20,21,23). The van der Waals surface area contributed by atoms with E-state index in [0.717, 1.165) is 25.7 Å². The first kappa shape index (κ1) is 15.8. The minimum atomic E-state index is -0.411. The van der Waals surface area contributed by atoms with Gasteiger partial charge in [0.05, 0.1) is 0 Å². The molecule has 2 fully saturated rings. The molecule has 5 nitrogen and oxygen atoms in total. The fourth-order valence-corrected chi connectivity index (χ4v) is 3.40. The van der Waals surface area contributed by atoms with Gasteiger partial charge < -0.3 is 16.0 Å². The van der Waals surface area contributed by atoms with E-state index in [1.807, 2.05) is 6.07 Å². The molecule has 1 atom stereocenters. The first-order valence-corrected chi connectivity index (χ1v) is 8.49. The number of hydrogen-bond acceptors (Lipinski definition) is 2. The van der Waals surface area contributed by atoms with Crippen molar-refractivity contribution in [2.75, 3.05) is 13.1 Å². The Balaban J connectivity index is 1.55. The van der Waals surface area contributed by atoms with Gasteiger partial charge in [0.1, 0.15) is 6.04 Å². The van der Waals surface area contributed by atoms with Gasteiger partial charge >= 0.3 is 6.03 Å². The van der Waals surface area contributed by atoms with E-state index < -0.39 is 6.04 Å². The summed E-state index contributed by atoms with van der Waals surface area (Å²) in [6.07, 6.45) is 4.84. The Labute approximate surface area is 137 Å². The molecule has 2 aliphatic rings. The Morgan fingerprint density at radius 3 is 2.83 bits per heavy atom. The Morgan fingerprint density at radius 2 is 2.09 bits per heavy atom. The van der Waals surface area contributed by atoms with E-state index in [9.17, 15) is 9.59 Å². The average molecular weight is 315 g/mol. The first-order valence-electron chi connectivity index (χ1n) is 8.49. The largest absolute Gasteiger partial charge is 0.354 e. The minimum Gasteiger partial charge on any atom is -0.354 e. The van der Waals surface area contributed by atoms with E-state index in [-0.39, 0.29) is 17.4 Å². The van der Waals surface area contributed by atoms with Crippen molar-refractivity contribution in [2.24, 2.45) is 0 Å². The molecule has 124 valence electrons. The normalized spacial score (nSPS) is 22.7. The molecule has 0 aromatic heterocycles. The minimum absolute atomic E-state index is 0.0716. The molecule has 1 aliphatic carbocycles. The maximum absolute atomic E-state index is 12.2. The predicted octanol–water partition coefficient (Wildman–Crippen LogP) is 1.99. The fraction of sp³-hybridized carbons (Fsp3) is 0.556. The molecule has 1 aliphatic heterocycles. The van der Waals surface area contributed by atoms with E-state index in [1.165, 1.54) is 11.1 Å². The van der Waals surface area contributed by atoms with Crippen molar-refractivity contribution in [1.82, 2.24) is 16.0 Å². The quantitative estimate of drug-likeness (QED) is 0.795. The average Bonchev–Trinajstić information content (AvgIpc) is 3.34. The van der Waals surface area contributed by atoms with Crippen LogP contribution in [0.5, 0.6) is 0 Å². The summed E-state index contributed by atoms with van der Waals surface area (Å²) in [5, 5.41) is 8.62. The number of carbonyl (C=O) groups excluding carboxylic acids is 2. The Morgan fingerprint density at radius 1 is 1.30 bits per heavy atom. The van der Waals surface area contributed by atoms with E-state index in [2.05, 4.69) is 41.1 Å². The molecule has 0 radical (unpaired) electrons. The van der Waals surface area contributed by atoms with Crippen LogP contribution in [0.2, 0.25) is 0 Å². The molecule has 5 heteroatoms. The SMILES string of the molecule is Cc1ccccc1C1(CNC(=O)NC2CCCCNC2=O)CC1. The topological polar surface area (TPSA) is 70.2 Å². The lowest BCUT2D eigenvalue weighted by molar-refractivity contribution is -0.122. The Bertz CT molecular complexity index is 596. The molecule has 1 aromatic carbocycles. The van der Waals surface area contributed by atoms with Gasteiger partial charge in [0.2, 0.25) is 5.91 Å². The number of urea groups is 1.